The van der Waals surface area contributed by atoms with Gasteiger partial charge >= 0.3 is 11.9 Å². The summed E-state index contributed by atoms with van der Waals surface area (Å²) in [6, 6.07) is 62.8. The molecule has 0 N–H and O–H groups in total. The van der Waals surface area contributed by atoms with Gasteiger partial charge < -0.3 is 9.47 Å². The Bertz CT molecular complexity index is 3100. The van der Waals surface area contributed by atoms with Crippen molar-refractivity contribution in [2.75, 3.05) is 14.2 Å². The van der Waals surface area contributed by atoms with E-state index in [-0.39, 0.29) is 11.9 Å². The smallest absolute Gasteiger partial charge is 0.339 e. The molecule has 13 aliphatic heterocycles. The van der Waals surface area contributed by atoms with Crippen molar-refractivity contribution in [1.29, 1.82) is 0 Å². The van der Waals surface area contributed by atoms with Crippen LogP contribution in [0.3, 0.4) is 0 Å². The minimum atomic E-state index is -0.370. The van der Waals surface area contributed by atoms with Gasteiger partial charge in [-0.1, -0.05) is 133 Å². The molecule has 348 valence electrons. The third-order valence-electron chi connectivity index (χ3n) is 13.7. The monoisotopic (exact) mass is 940 g/mol. The zero-order valence-electron chi connectivity index (χ0n) is 40.2. The van der Waals surface area contributed by atoms with Crippen LogP contribution < -0.4 is 18.3 Å². The summed E-state index contributed by atoms with van der Waals surface area (Å²) in [4.78, 5) is 27.0. The van der Waals surface area contributed by atoms with Crippen molar-refractivity contribution in [3.05, 3.63) is 265 Å². The first kappa shape index (κ1) is 45.3. The van der Waals surface area contributed by atoms with Crippen molar-refractivity contribution < 1.29 is 37.3 Å². The number of carbonyl (C=O) groups excluding carboxylic acids is 2. The number of hydrogen-bond donors (Lipinski definition) is 0. The number of benzene rings is 6. The van der Waals surface area contributed by atoms with Crippen LogP contribution >= 0.6 is 0 Å². The fourth-order valence-corrected chi connectivity index (χ4v) is 9.73. The quantitative estimate of drug-likeness (QED) is 0.128. The van der Waals surface area contributed by atoms with E-state index >= 15 is 0 Å². The maximum Gasteiger partial charge on any atom is 0.339 e. The number of rotatable bonds is 2. The zero-order chi connectivity index (χ0) is 49.0. The molecule has 4 aromatic heterocycles. The number of esters is 2. The highest BCUT2D eigenvalue weighted by Crippen LogP contribution is 2.35. The first-order chi connectivity index (χ1) is 35.3. The minimum absolute atomic E-state index is 0.370. The van der Waals surface area contributed by atoms with Crippen molar-refractivity contribution in [1.82, 2.24) is 0 Å². The van der Waals surface area contributed by atoms with Crippen molar-refractivity contribution in [3.63, 3.8) is 0 Å². The van der Waals surface area contributed by atoms with Crippen molar-refractivity contribution in [2.45, 2.75) is 26.2 Å². The van der Waals surface area contributed by atoms with Gasteiger partial charge in [-0.2, -0.15) is 0 Å². The lowest BCUT2D eigenvalue weighted by molar-refractivity contribution is -0.688. The van der Waals surface area contributed by atoms with Crippen LogP contribution in [0.1, 0.15) is 43.0 Å². The van der Waals surface area contributed by atoms with Crippen LogP contribution in [0.2, 0.25) is 0 Å². The van der Waals surface area contributed by atoms with E-state index in [0.717, 1.165) is 89.0 Å². The molecule has 10 aromatic rings. The van der Waals surface area contributed by atoms with Gasteiger partial charge in [0.1, 0.15) is 0 Å². The van der Waals surface area contributed by atoms with E-state index in [1.165, 1.54) is 14.2 Å². The molecular weight excluding hydrogens is 889 g/mol. The predicted octanol–water partition coefficient (Wildman–Crippen LogP) is 10.9. The summed E-state index contributed by atoms with van der Waals surface area (Å²) in [7, 11) is 2.88. The molecule has 8 nitrogen and oxygen atoms in total. The third-order valence-corrected chi connectivity index (χ3v) is 13.7. The van der Waals surface area contributed by atoms with E-state index in [2.05, 4.69) is 213 Å². The molecule has 0 saturated carbocycles. The summed E-state index contributed by atoms with van der Waals surface area (Å²) in [6.07, 6.45) is 16.9. The number of pyridine rings is 4. The average molecular weight is 941 g/mol. The Hall–Kier alpha value is -9.14. The molecule has 20 bridgehead atoms. The predicted molar refractivity (Wildman–Crippen MR) is 278 cm³/mol. The molecule has 72 heavy (non-hydrogen) atoms. The van der Waals surface area contributed by atoms with Gasteiger partial charge in [-0.15, -0.1) is 0 Å². The molecule has 0 radical (unpaired) electrons. The minimum Gasteiger partial charge on any atom is -0.465 e. The topological polar surface area (TPSA) is 68.1 Å². The summed E-state index contributed by atoms with van der Waals surface area (Å²) < 4.78 is 19.4. The molecular formula is C64H52N4O4+4. The van der Waals surface area contributed by atoms with Gasteiger partial charge in [-0.05, 0) is 66.8 Å². The summed E-state index contributed by atoms with van der Waals surface area (Å²) in [5.74, 6) is -0.740. The molecule has 6 aromatic carbocycles. The Morgan fingerprint density at radius 3 is 0.694 bits per heavy atom. The van der Waals surface area contributed by atoms with Gasteiger partial charge in [0.25, 0.3) is 0 Å². The van der Waals surface area contributed by atoms with Crippen LogP contribution in [-0.2, 0) is 35.7 Å². The zero-order valence-corrected chi connectivity index (χ0v) is 40.2. The number of nitrogens with zero attached hydrogens (tertiary/aromatic N) is 4. The van der Waals surface area contributed by atoms with Crippen LogP contribution in [-0.4, -0.2) is 26.2 Å². The molecule has 0 unspecified atom stereocenters. The lowest BCUT2D eigenvalue weighted by Gasteiger charge is -2.14. The van der Waals surface area contributed by atoms with Gasteiger partial charge in [0, 0.05) is 70.8 Å². The molecule has 13 aliphatic rings. The van der Waals surface area contributed by atoms with Gasteiger partial charge in [0.05, 0.1) is 25.3 Å². The first-order valence-electron chi connectivity index (χ1n) is 24.1. The Morgan fingerprint density at radius 2 is 0.500 bits per heavy atom. The molecule has 8 heteroatoms. The average Bonchev–Trinajstić information content (AvgIpc) is 3.44. The molecule has 0 saturated heterocycles. The number of methoxy groups -OCH3 is 2. The van der Waals surface area contributed by atoms with Crippen LogP contribution in [0.25, 0.3) is 66.8 Å². The summed E-state index contributed by atoms with van der Waals surface area (Å²) >= 11 is 0. The Balaban J connectivity index is 0.905. The van der Waals surface area contributed by atoms with Crippen LogP contribution in [0, 0.1) is 0 Å². The molecule has 0 fully saturated rings. The van der Waals surface area contributed by atoms with Crippen LogP contribution in [0.15, 0.2) is 232 Å². The Labute approximate surface area is 419 Å². The van der Waals surface area contributed by atoms with Crippen LogP contribution in [0.5, 0.6) is 0 Å². The van der Waals surface area contributed by atoms with Gasteiger partial charge in [-0.25, -0.2) is 27.9 Å². The molecule has 0 atom stereocenters. The van der Waals surface area contributed by atoms with Crippen molar-refractivity contribution in [2.24, 2.45) is 0 Å². The second-order valence-corrected chi connectivity index (χ2v) is 18.3. The Kier molecular flexibility index (Phi) is 12.6. The van der Waals surface area contributed by atoms with Crippen molar-refractivity contribution >= 4 is 11.9 Å². The maximum atomic E-state index is 13.5. The molecule has 0 aliphatic carbocycles. The van der Waals surface area contributed by atoms with Gasteiger partial charge in [0.2, 0.25) is 0 Å². The lowest BCUT2D eigenvalue weighted by Crippen LogP contribution is -2.33. The van der Waals surface area contributed by atoms with Gasteiger partial charge in [-0.3, -0.25) is 0 Å². The summed E-state index contributed by atoms with van der Waals surface area (Å²) in [5.41, 5.74) is 17.3. The molecule has 23 rings (SSSR count). The van der Waals surface area contributed by atoms with E-state index in [1.807, 2.05) is 36.4 Å². The van der Waals surface area contributed by atoms with Gasteiger partial charge in [0.15, 0.2) is 75.8 Å². The van der Waals surface area contributed by atoms with E-state index < -0.39 is 0 Å². The second-order valence-electron chi connectivity index (χ2n) is 18.3. The number of carbonyl (C=O) groups is 2. The molecule has 0 amide bonds. The van der Waals surface area contributed by atoms with E-state index in [1.54, 1.807) is 0 Å². The highest BCUT2D eigenvalue weighted by molar-refractivity contribution is 6.05. The van der Waals surface area contributed by atoms with Crippen molar-refractivity contribution in [3.8, 4) is 66.8 Å². The standard InChI is InChI=1S/C64H52N4O4/c1-71-63(69)61-57-5-3-6-58(61)54-19-11-46(12-20-54)42-66-35-27-50(28-36-66)52-31-39-68(40-32-52)44-48-15-23-56(24-16-48)60-8-4-7-59(62(60)64(70)72-2)55-21-13-47(14-22-55)43-67-37-29-51(30-38-67)49-25-33-65(34-26-49)41-45-9-17-53(57)18-10-45/h3-40H,41-44H2,1-2H3/q+4. The molecule has 0 spiro atoms. The van der Waals surface area contributed by atoms with E-state index in [0.29, 0.717) is 37.3 Å². The second kappa shape index (κ2) is 20.1. The largest absolute Gasteiger partial charge is 0.465 e. The lowest BCUT2D eigenvalue weighted by atomic mass is 9.91. The third kappa shape index (κ3) is 9.58. The SMILES string of the molecule is COC(=O)c1c2cccc1-c1ccc(cc1)C[n+]1ccc(cc1)-c1cc[n+](cc1)Cc1ccc(cc1)-c1cccc(c1C(=O)OC)-c1ccc(cc1)C[n+]1ccc(cc1)-c1cc[n+](cc1)Cc1ccc-2cc1. The number of ether oxygens (including phenoxy) is 2. The Morgan fingerprint density at radius 1 is 0.292 bits per heavy atom. The number of hydrogen-bond acceptors (Lipinski definition) is 4. The summed E-state index contributed by atoms with van der Waals surface area (Å²) in [6.45, 7) is 2.79. The summed E-state index contributed by atoms with van der Waals surface area (Å²) in [5, 5.41) is 0. The normalized spacial score (nSPS) is 11.9. The first-order valence-corrected chi connectivity index (χ1v) is 24.1. The highest BCUT2D eigenvalue weighted by atomic mass is 16.5. The maximum absolute atomic E-state index is 13.5. The fraction of sp³-hybridized carbons (Fsp3) is 0.0938. The fourth-order valence-electron chi connectivity index (χ4n) is 9.73. The molecule has 17 heterocycles. The van der Waals surface area contributed by atoms with E-state index in [9.17, 15) is 9.59 Å². The number of aromatic nitrogens is 4. The van der Waals surface area contributed by atoms with Crippen LogP contribution in [0.4, 0.5) is 0 Å². The van der Waals surface area contributed by atoms with E-state index in [4.69, 9.17) is 9.47 Å². The highest BCUT2D eigenvalue weighted by Gasteiger charge is 2.22.